The fraction of sp³-hybridized carbons (Fsp3) is 0.267. The van der Waals surface area contributed by atoms with Gasteiger partial charge in [-0.1, -0.05) is 23.7 Å². The Labute approximate surface area is 106 Å². The lowest BCUT2D eigenvalue weighted by Crippen LogP contribution is -1.95. The molecule has 0 aliphatic rings. The van der Waals surface area contributed by atoms with E-state index in [1.165, 1.54) is 27.5 Å². The van der Waals surface area contributed by atoms with E-state index in [4.69, 9.17) is 11.6 Å². The molecule has 0 aliphatic heterocycles. The highest BCUT2D eigenvalue weighted by Crippen LogP contribution is 2.29. The summed E-state index contributed by atoms with van der Waals surface area (Å²) in [6, 6.07) is 8.14. The highest BCUT2D eigenvalue weighted by Gasteiger charge is 2.08. The Morgan fingerprint density at radius 3 is 2.59 bits per heavy atom. The van der Waals surface area contributed by atoms with Crippen molar-refractivity contribution in [3.63, 3.8) is 0 Å². The van der Waals surface area contributed by atoms with Crippen LogP contribution in [0.5, 0.6) is 0 Å². The normalized spacial score (nSPS) is 10.8. The SMILES string of the molecule is Cc1cc(C)c2ccc(Cl)cc2c1CCC=O. The zero-order valence-corrected chi connectivity index (χ0v) is 10.8. The van der Waals surface area contributed by atoms with Gasteiger partial charge in [0.25, 0.3) is 0 Å². The second-order valence-corrected chi connectivity index (χ2v) is 4.82. The van der Waals surface area contributed by atoms with Crippen LogP contribution in [-0.2, 0) is 11.2 Å². The second kappa shape index (κ2) is 4.89. The molecule has 0 unspecified atom stereocenters. The summed E-state index contributed by atoms with van der Waals surface area (Å²) in [6.45, 7) is 4.19. The van der Waals surface area contributed by atoms with Crippen LogP contribution in [0, 0.1) is 13.8 Å². The molecule has 2 aromatic rings. The average molecular weight is 247 g/mol. The molecule has 0 bridgehead atoms. The summed E-state index contributed by atoms with van der Waals surface area (Å²) in [6.07, 6.45) is 2.31. The van der Waals surface area contributed by atoms with Crippen LogP contribution in [0.4, 0.5) is 0 Å². The van der Waals surface area contributed by atoms with Gasteiger partial charge in [0.1, 0.15) is 6.29 Å². The first kappa shape index (κ1) is 12.1. The summed E-state index contributed by atoms with van der Waals surface area (Å²) in [4.78, 5) is 10.5. The molecular weight excluding hydrogens is 232 g/mol. The summed E-state index contributed by atoms with van der Waals surface area (Å²) in [5.74, 6) is 0. The summed E-state index contributed by atoms with van der Waals surface area (Å²) in [7, 11) is 0. The number of carbonyl (C=O) groups excluding carboxylic acids is 1. The van der Waals surface area contributed by atoms with E-state index in [1.807, 2.05) is 12.1 Å². The van der Waals surface area contributed by atoms with E-state index in [0.29, 0.717) is 6.42 Å². The first-order valence-corrected chi connectivity index (χ1v) is 6.13. The third-order valence-electron chi connectivity index (χ3n) is 3.15. The van der Waals surface area contributed by atoms with Gasteiger partial charge in [0.2, 0.25) is 0 Å². The molecule has 88 valence electrons. The summed E-state index contributed by atoms with van der Waals surface area (Å²) in [5.41, 5.74) is 3.73. The second-order valence-electron chi connectivity index (χ2n) is 4.38. The largest absolute Gasteiger partial charge is 0.303 e. The minimum Gasteiger partial charge on any atom is -0.303 e. The van der Waals surface area contributed by atoms with E-state index >= 15 is 0 Å². The Balaban J connectivity index is 2.70. The number of benzene rings is 2. The lowest BCUT2D eigenvalue weighted by Gasteiger charge is -2.12. The molecule has 0 saturated carbocycles. The number of aldehydes is 1. The molecule has 0 N–H and O–H groups in total. The maximum atomic E-state index is 10.5. The van der Waals surface area contributed by atoms with Gasteiger partial charge in [0, 0.05) is 11.4 Å². The quantitative estimate of drug-likeness (QED) is 0.741. The van der Waals surface area contributed by atoms with E-state index in [1.54, 1.807) is 0 Å². The van der Waals surface area contributed by atoms with E-state index in [9.17, 15) is 4.79 Å². The summed E-state index contributed by atoms with van der Waals surface area (Å²) in [5, 5.41) is 3.15. The maximum Gasteiger partial charge on any atom is 0.120 e. The molecule has 1 nitrogen and oxygen atoms in total. The zero-order valence-electron chi connectivity index (χ0n) is 10.1. The van der Waals surface area contributed by atoms with Crippen molar-refractivity contribution in [1.82, 2.24) is 0 Å². The standard InChI is InChI=1S/C15H15ClO/c1-10-8-11(2)14-6-5-12(16)9-15(14)13(10)4-3-7-17/h5-9H,3-4H2,1-2H3. The van der Waals surface area contributed by atoms with Gasteiger partial charge >= 0.3 is 0 Å². The highest BCUT2D eigenvalue weighted by atomic mass is 35.5. The van der Waals surface area contributed by atoms with Gasteiger partial charge in [0.05, 0.1) is 0 Å². The van der Waals surface area contributed by atoms with Crippen LogP contribution in [0.15, 0.2) is 24.3 Å². The highest BCUT2D eigenvalue weighted by molar-refractivity contribution is 6.31. The number of hydrogen-bond acceptors (Lipinski definition) is 1. The first-order valence-electron chi connectivity index (χ1n) is 5.75. The Morgan fingerprint density at radius 2 is 1.88 bits per heavy atom. The van der Waals surface area contributed by atoms with Gasteiger partial charge in [0.15, 0.2) is 0 Å². The molecule has 0 aliphatic carbocycles. The third kappa shape index (κ3) is 2.34. The van der Waals surface area contributed by atoms with Gasteiger partial charge in [-0.15, -0.1) is 0 Å². The lowest BCUT2D eigenvalue weighted by atomic mass is 9.93. The van der Waals surface area contributed by atoms with Crippen molar-refractivity contribution in [1.29, 1.82) is 0 Å². The third-order valence-corrected chi connectivity index (χ3v) is 3.39. The topological polar surface area (TPSA) is 17.1 Å². The average Bonchev–Trinajstić information content (AvgIpc) is 2.28. The maximum absolute atomic E-state index is 10.5. The number of hydrogen-bond donors (Lipinski definition) is 0. The van der Waals surface area contributed by atoms with E-state index in [0.717, 1.165) is 17.7 Å². The minimum atomic E-state index is 0.561. The van der Waals surface area contributed by atoms with Crippen LogP contribution in [0.1, 0.15) is 23.1 Å². The van der Waals surface area contributed by atoms with Gasteiger partial charge in [-0.05, 0) is 59.9 Å². The molecule has 17 heavy (non-hydrogen) atoms. The molecule has 0 atom stereocenters. The lowest BCUT2D eigenvalue weighted by molar-refractivity contribution is -0.107. The molecule has 0 aromatic heterocycles. The smallest absolute Gasteiger partial charge is 0.120 e. The molecule has 0 saturated heterocycles. The minimum absolute atomic E-state index is 0.561. The monoisotopic (exact) mass is 246 g/mol. The fourth-order valence-electron chi connectivity index (χ4n) is 2.35. The Kier molecular flexibility index (Phi) is 3.49. The van der Waals surface area contributed by atoms with Crippen molar-refractivity contribution in [3.8, 4) is 0 Å². The molecule has 2 heteroatoms. The van der Waals surface area contributed by atoms with Crippen molar-refractivity contribution >= 4 is 28.7 Å². The molecule has 0 heterocycles. The van der Waals surface area contributed by atoms with Gasteiger partial charge in [-0.3, -0.25) is 0 Å². The first-order chi connectivity index (χ1) is 8.13. The molecule has 0 amide bonds. The van der Waals surface area contributed by atoms with Gasteiger partial charge in [-0.2, -0.15) is 0 Å². The van der Waals surface area contributed by atoms with Crippen molar-refractivity contribution in [2.45, 2.75) is 26.7 Å². The Bertz CT molecular complexity index is 573. The molecule has 2 rings (SSSR count). The van der Waals surface area contributed by atoms with Crippen molar-refractivity contribution in [2.24, 2.45) is 0 Å². The molecule has 0 spiro atoms. The van der Waals surface area contributed by atoms with Crippen LogP contribution in [0.25, 0.3) is 10.8 Å². The fourth-order valence-corrected chi connectivity index (χ4v) is 2.52. The van der Waals surface area contributed by atoms with Crippen LogP contribution < -0.4 is 0 Å². The predicted molar refractivity (Wildman–Crippen MR) is 72.8 cm³/mol. The van der Waals surface area contributed by atoms with Crippen LogP contribution in [0.2, 0.25) is 5.02 Å². The van der Waals surface area contributed by atoms with E-state index in [-0.39, 0.29) is 0 Å². The number of fused-ring (bicyclic) bond motifs is 1. The van der Waals surface area contributed by atoms with E-state index in [2.05, 4.69) is 26.0 Å². The molecule has 0 radical (unpaired) electrons. The number of aryl methyl sites for hydroxylation is 3. The van der Waals surface area contributed by atoms with Crippen LogP contribution >= 0.6 is 11.6 Å². The molecular formula is C15H15ClO. The Hall–Kier alpha value is -1.34. The summed E-state index contributed by atoms with van der Waals surface area (Å²) >= 11 is 6.06. The van der Waals surface area contributed by atoms with Gasteiger partial charge in [-0.25, -0.2) is 0 Å². The van der Waals surface area contributed by atoms with Crippen molar-refractivity contribution in [3.05, 3.63) is 46.0 Å². The zero-order chi connectivity index (χ0) is 12.4. The number of carbonyl (C=O) groups is 1. The number of halogens is 1. The predicted octanol–water partition coefficient (Wildman–Crippen LogP) is 4.24. The van der Waals surface area contributed by atoms with Crippen molar-refractivity contribution in [2.75, 3.05) is 0 Å². The molecule has 0 fully saturated rings. The number of rotatable bonds is 3. The van der Waals surface area contributed by atoms with E-state index < -0.39 is 0 Å². The Morgan fingerprint density at radius 1 is 1.12 bits per heavy atom. The van der Waals surface area contributed by atoms with Crippen molar-refractivity contribution < 1.29 is 4.79 Å². The summed E-state index contributed by atoms with van der Waals surface area (Å²) < 4.78 is 0. The van der Waals surface area contributed by atoms with Gasteiger partial charge < -0.3 is 4.79 Å². The van der Waals surface area contributed by atoms with Crippen LogP contribution in [0.3, 0.4) is 0 Å². The van der Waals surface area contributed by atoms with Crippen LogP contribution in [-0.4, -0.2) is 6.29 Å². The molecule has 2 aromatic carbocycles.